The normalized spacial score (nSPS) is 10.5. The van der Waals surface area contributed by atoms with E-state index in [4.69, 9.17) is 16.7 Å². The van der Waals surface area contributed by atoms with Crippen LogP contribution in [0, 0.1) is 0 Å². The predicted molar refractivity (Wildman–Crippen MR) is 81.9 cm³/mol. The number of hydrogen-bond acceptors (Lipinski definition) is 3. The zero-order valence-electron chi connectivity index (χ0n) is 10.9. The molecule has 21 heavy (non-hydrogen) atoms. The average molecular weight is 302 g/mol. The van der Waals surface area contributed by atoms with Gasteiger partial charge in [0.15, 0.2) is 5.78 Å². The zero-order valence-corrected chi connectivity index (χ0v) is 11.7. The number of ketones is 1. The van der Waals surface area contributed by atoms with E-state index in [9.17, 15) is 9.59 Å². The van der Waals surface area contributed by atoms with Crippen LogP contribution in [0.15, 0.2) is 60.8 Å². The molecule has 0 aliphatic rings. The Morgan fingerprint density at radius 1 is 1.05 bits per heavy atom. The molecule has 0 unspecified atom stereocenters. The molecule has 0 aliphatic heterocycles. The topological polar surface area (TPSA) is 66.4 Å². The van der Waals surface area contributed by atoms with Crippen LogP contribution in [0.5, 0.6) is 0 Å². The highest BCUT2D eigenvalue weighted by molar-refractivity contribution is 6.30. The minimum atomic E-state index is -1.03. The minimum Gasteiger partial charge on any atom is -0.478 e. The van der Waals surface area contributed by atoms with Gasteiger partial charge in [-0.1, -0.05) is 23.7 Å². The number of carbonyl (C=O) groups is 2. The van der Waals surface area contributed by atoms with E-state index in [1.807, 2.05) is 0 Å². The molecule has 2 aromatic rings. The summed E-state index contributed by atoms with van der Waals surface area (Å²) in [6.07, 6.45) is 2.75. The van der Waals surface area contributed by atoms with Gasteiger partial charge in [-0.05, 0) is 36.4 Å². The highest BCUT2D eigenvalue weighted by Gasteiger charge is 2.07. The SMILES string of the molecule is O=C(/C=C\Nc1ccccc1C(=O)O)c1ccc(Cl)cc1. The maximum atomic E-state index is 11.9. The van der Waals surface area contributed by atoms with Crippen LogP contribution in [-0.4, -0.2) is 16.9 Å². The van der Waals surface area contributed by atoms with Gasteiger partial charge in [0.05, 0.1) is 11.3 Å². The largest absolute Gasteiger partial charge is 0.478 e. The molecule has 0 saturated heterocycles. The first kappa shape index (κ1) is 14.8. The van der Waals surface area contributed by atoms with Crippen LogP contribution in [0.2, 0.25) is 5.02 Å². The second kappa shape index (κ2) is 6.72. The first-order valence-corrected chi connectivity index (χ1v) is 6.51. The number of rotatable bonds is 5. The van der Waals surface area contributed by atoms with Crippen LogP contribution in [0.1, 0.15) is 20.7 Å². The van der Waals surface area contributed by atoms with E-state index in [1.54, 1.807) is 42.5 Å². The summed E-state index contributed by atoms with van der Waals surface area (Å²) in [5, 5.41) is 12.4. The van der Waals surface area contributed by atoms with Crippen LogP contribution < -0.4 is 5.32 Å². The molecule has 2 N–H and O–H groups in total. The average Bonchev–Trinajstić information content (AvgIpc) is 2.48. The van der Waals surface area contributed by atoms with E-state index < -0.39 is 5.97 Å². The van der Waals surface area contributed by atoms with Gasteiger partial charge >= 0.3 is 5.97 Å². The van der Waals surface area contributed by atoms with E-state index in [-0.39, 0.29) is 11.3 Å². The summed E-state index contributed by atoms with van der Waals surface area (Å²) >= 11 is 5.75. The van der Waals surface area contributed by atoms with Crippen LogP contribution in [-0.2, 0) is 0 Å². The lowest BCUT2D eigenvalue weighted by Crippen LogP contribution is -2.02. The van der Waals surface area contributed by atoms with Gasteiger partial charge in [-0.2, -0.15) is 0 Å². The molecule has 0 heterocycles. The monoisotopic (exact) mass is 301 g/mol. The number of carboxylic acid groups (broad SMARTS) is 1. The number of allylic oxidation sites excluding steroid dienone is 1. The van der Waals surface area contributed by atoms with Crippen molar-refractivity contribution in [2.24, 2.45) is 0 Å². The Labute approximate surface area is 126 Å². The molecule has 4 nitrogen and oxygen atoms in total. The Balaban J connectivity index is 2.07. The second-order valence-corrected chi connectivity index (χ2v) is 4.64. The molecule has 0 amide bonds. The van der Waals surface area contributed by atoms with Crippen molar-refractivity contribution in [3.05, 3.63) is 77.0 Å². The summed E-state index contributed by atoms with van der Waals surface area (Å²) in [5.74, 6) is -1.23. The fourth-order valence-electron chi connectivity index (χ4n) is 1.71. The van der Waals surface area contributed by atoms with E-state index >= 15 is 0 Å². The number of hydrogen-bond donors (Lipinski definition) is 2. The molecule has 0 fully saturated rings. The molecule has 0 aromatic heterocycles. The molecule has 0 radical (unpaired) electrons. The summed E-state index contributed by atoms with van der Waals surface area (Å²) in [5.41, 5.74) is 1.07. The Morgan fingerprint density at radius 2 is 1.71 bits per heavy atom. The number of aromatic carboxylic acids is 1. The van der Waals surface area contributed by atoms with Gasteiger partial charge in [-0.3, -0.25) is 4.79 Å². The third-order valence-corrected chi connectivity index (χ3v) is 3.01. The summed E-state index contributed by atoms with van der Waals surface area (Å²) < 4.78 is 0. The van der Waals surface area contributed by atoms with Crippen LogP contribution in [0.3, 0.4) is 0 Å². The summed E-state index contributed by atoms with van der Waals surface area (Å²) in [7, 11) is 0. The van der Waals surface area contributed by atoms with Crippen molar-refractivity contribution < 1.29 is 14.7 Å². The van der Waals surface area contributed by atoms with Gasteiger partial charge in [-0.25, -0.2) is 4.79 Å². The maximum absolute atomic E-state index is 11.9. The number of halogens is 1. The molecule has 2 aromatic carbocycles. The Bertz CT molecular complexity index is 693. The van der Waals surface area contributed by atoms with Crippen molar-refractivity contribution in [2.45, 2.75) is 0 Å². The fraction of sp³-hybridized carbons (Fsp3) is 0. The van der Waals surface area contributed by atoms with Gasteiger partial charge in [0.2, 0.25) is 0 Å². The zero-order chi connectivity index (χ0) is 15.2. The first-order chi connectivity index (χ1) is 10.1. The highest BCUT2D eigenvalue weighted by atomic mass is 35.5. The van der Waals surface area contributed by atoms with Crippen molar-refractivity contribution in [3.63, 3.8) is 0 Å². The summed E-state index contributed by atoms with van der Waals surface area (Å²) in [4.78, 5) is 22.9. The molecule has 0 saturated carbocycles. The molecular formula is C16H12ClNO3. The number of para-hydroxylation sites is 1. The lowest BCUT2D eigenvalue weighted by atomic mass is 10.1. The molecule has 0 aliphatic carbocycles. The lowest BCUT2D eigenvalue weighted by Gasteiger charge is -2.04. The molecule has 0 bridgehead atoms. The van der Waals surface area contributed by atoms with E-state index in [2.05, 4.69) is 5.32 Å². The summed E-state index contributed by atoms with van der Waals surface area (Å²) in [6.45, 7) is 0. The number of carbonyl (C=O) groups excluding carboxylic acids is 1. The molecule has 2 rings (SSSR count). The third-order valence-electron chi connectivity index (χ3n) is 2.76. The van der Waals surface area contributed by atoms with Crippen molar-refractivity contribution in [2.75, 3.05) is 5.32 Å². The molecule has 0 atom stereocenters. The van der Waals surface area contributed by atoms with Gasteiger partial charge in [0.1, 0.15) is 0 Å². The van der Waals surface area contributed by atoms with E-state index in [1.165, 1.54) is 18.3 Å². The Morgan fingerprint density at radius 3 is 2.38 bits per heavy atom. The Hall–Kier alpha value is -2.59. The number of carboxylic acids is 1. The van der Waals surface area contributed by atoms with Crippen molar-refractivity contribution in [1.82, 2.24) is 0 Å². The quantitative estimate of drug-likeness (QED) is 0.650. The van der Waals surface area contributed by atoms with Crippen molar-refractivity contribution >= 4 is 29.0 Å². The molecule has 106 valence electrons. The second-order valence-electron chi connectivity index (χ2n) is 4.20. The van der Waals surface area contributed by atoms with Crippen molar-refractivity contribution in [1.29, 1.82) is 0 Å². The summed E-state index contributed by atoms with van der Waals surface area (Å²) in [6, 6.07) is 13.0. The van der Waals surface area contributed by atoms with Crippen LogP contribution in [0.25, 0.3) is 0 Å². The smallest absolute Gasteiger partial charge is 0.337 e. The minimum absolute atomic E-state index is 0.140. The van der Waals surface area contributed by atoms with Crippen LogP contribution >= 0.6 is 11.6 Å². The first-order valence-electron chi connectivity index (χ1n) is 6.13. The predicted octanol–water partition coefficient (Wildman–Crippen LogP) is 3.85. The highest BCUT2D eigenvalue weighted by Crippen LogP contribution is 2.15. The molecule has 5 heteroatoms. The van der Waals surface area contributed by atoms with Gasteiger partial charge in [0, 0.05) is 22.9 Å². The van der Waals surface area contributed by atoms with Gasteiger partial charge in [0.25, 0.3) is 0 Å². The van der Waals surface area contributed by atoms with Gasteiger partial charge < -0.3 is 10.4 Å². The van der Waals surface area contributed by atoms with E-state index in [0.717, 1.165) is 0 Å². The van der Waals surface area contributed by atoms with E-state index in [0.29, 0.717) is 16.3 Å². The van der Waals surface area contributed by atoms with Crippen LogP contribution in [0.4, 0.5) is 5.69 Å². The standard InChI is InChI=1S/C16H12ClNO3/c17-12-7-5-11(6-8-12)15(19)9-10-18-14-4-2-1-3-13(14)16(20)21/h1-10,18H,(H,20,21)/b10-9-. The number of benzene rings is 2. The van der Waals surface area contributed by atoms with Gasteiger partial charge in [-0.15, -0.1) is 0 Å². The number of nitrogens with one attached hydrogen (secondary N) is 1. The maximum Gasteiger partial charge on any atom is 0.337 e. The number of anilines is 1. The fourth-order valence-corrected chi connectivity index (χ4v) is 1.84. The Kier molecular flexibility index (Phi) is 4.74. The lowest BCUT2D eigenvalue weighted by molar-refractivity contribution is 0.0698. The third kappa shape index (κ3) is 3.94. The molecule has 0 spiro atoms. The van der Waals surface area contributed by atoms with Crippen molar-refractivity contribution in [3.8, 4) is 0 Å². The molecular weight excluding hydrogens is 290 g/mol.